The molecule has 1 saturated carbocycles. The fraction of sp³-hybridized carbons (Fsp3) is 0.652. The molecule has 31 heavy (non-hydrogen) atoms. The number of likely N-dealkylation sites (N-methyl/N-ethyl adjacent to an activating group) is 1. The summed E-state index contributed by atoms with van der Waals surface area (Å²) < 4.78 is 6.73. The molecule has 1 amide bonds. The zero-order valence-electron chi connectivity index (χ0n) is 18.2. The molecular formula is C23H31N3O4S. The lowest BCUT2D eigenvalue weighted by atomic mass is 9.94. The molecule has 7 nitrogen and oxygen atoms in total. The fourth-order valence-electron chi connectivity index (χ4n) is 4.88. The Labute approximate surface area is 186 Å². The molecule has 0 aliphatic heterocycles. The molecule has 168 valence electrons. The van der Waals surface area contributed by atoms with Crippen molar-refractivity contribution < 1.29 is 14.3 Å². The molecule has 2 aromatic rings. The summed E-state index contributed by atoms with van der Waals surface area (Å²) in [7, 11) is 0. The first kappa shape index (κ1) is 22.0. The minimum absolute atomic E-state index is 0.0439. The second-order valence-corrected chi connectivity index (χ2v) is 9.60. The summed E-state index contributed by atoms with van der Waals surface area (Å²) in [5.74, 6) is -0.597. The van der Waals surface area contributed by atoms with E-state index in [1.54, 1.807) is 11.3 Å². The van der Waals surface area contributed by atoms with E-state index in [0.717, 1.165) is 67.1 Å². The highest BCUT2D eigenvalue weighted by atomic mass is 32.1. The van der Waals surface area contributed by atoms with E-state index in [1.165, 1.54) is 22.2 Å². The number of amides is 1. The number of fused-ring (bicyclic) bond motifs is 3. The topological polar surface area (TPSA) is 81.5 Å². The van der Waals surface area contributed by atoms with Crippen molar-refractivity contribution in [3.05, 3.63) is 27.1 Å². The quantitative estimate of drug-likeness (QED) is 0.610. The molecule has 2 aromatic heterocycles. The number of hydrogen-bond acceptors (Lipinski definition) is 6. The third-order valence-electron chi connectivity index (χ3n) is 6.53. The van der Waals surface area contributed by atoms with Crippen LogP contribution in [0.1, 0.15) is 68.7 Å². The molecule has 0 unspecified atom stereocenters. The molecule has 0 saturated heterocycles. The average molecular weight is 446 g/mol. The van der Waals surface area contributed by atoms with Crippen molar-refractivity contribution in [2.75, 3.05) is 13.2 Å². The van der Waals surface area contributed by atoms with Gasteiger partial charge in [0.05, 0.1) is 18.1 Å². The molecule has 2 aliphatic carbocycles. The summed E-state index contributed by atoms with van der Waals surface area (Å²) in [6.45, 7) is 2.58. The molecule has 8 heteroatoms. The van der Waals surface area contributed by atoms with Gasteiger partial charge in [0.1, 0.15) is 4.83 Å². The first-order valence-electron chi connectivity index (χ1n) is 11.5. The Morgan fingerprint density at radius 3 is 2.74 bits per heavy atom. The number of ether oxygens (including phenoxy) is 1. The summed E-state index contributed by atoms with van der Waals surface area (Å²) >= 11 is 1.62. The zero-order chi connectivity index (χ0) is 21.8. The van der Waals surface area contributed by atoms with Crippen LogP contribution in [0.5, 0.6) is 0 Å². The number of esters is 1. The molecular weight excluding hydrogens is 414 g/mol. The Morgan fingerprint density at radius 2 is 1.97 bits per heavy atom. The maximum atomic E-state index is 13.0. The SMILES string of the molecule is CCN(C(=O)COC(=O)CCn1cnc2sc3c(c2c1=O)CCCC3)C1CCCCC1. The minimum atomic E-state index is -0.465. The van der Waals surface area contributed by atoms with Gasteiger partial charge in [-0.1, -0.05) is 19.3 Å². The molecule has 0 bridgehead atoms. The van der Waals surface area contributed by atoms with Crippen LogP contribution in [0.2, 0.25) is 0 Å². The van der Waals surface area contributed by atoms with E-state index in [-0.39, 0.29) is 37.1 Å². The van der Waals surface area contributed by atoms with Gasteiger partial charge in [0, 0.05) is 24.0 Å². The van der Waals surface area contributed by atoms with E-state index < -0.39 is 5.97 Å². The van der Waals surface area contributed by atoms with Crippen LogP contribution in [0.4, 0.5) is 0 Å². The van der Waals surface area contributed by atoms with Crippen molar-refractivity contribution in [1.29, 1.82) is 0 Å². The Balaban J connectivity index is 1.33. The molecule has 0 spiro atoms. The van der Waals surface area contributed by atoms with Crippen molar-refractivity contribution in [1.82, 2.24) is 14.5 Å². The molecule has 0 atom stereocenters. The van der Waals surface area contributed by atoms with Crippen LogP contribution in [0.3, 0.4) is 0 Å². The van der Waals surface area contributed by atoms with E-state index >= 15 is 0 Å². The number of thiophene rings is 1. The van der Waals surface area contributed by atoms with Gasteiger partial charge < -0.3 is 9.64 Å². The maximum absolute atomic E-state index is 13.0. The minimum Gasteiger partial charge on any atom is -0.456 e. The summed E-state index contributed by atoms with van der Waals surface area (Å²) in [4.78, 5) is 46.1. The maximum Gasteiger partial charge on any atom is 0.308 e. The Morgan fingerprint density at radius 1 is 1.19 bits per heavy atom. The molecule has 2 aliphatic rings. The lowest BCUT2D eigenvalue weighted by molar-refractivity contribution is -0.153. The number of aryl methyl sites for hydroxylation is 3. The second-order valence-electron chi connectivity index (χ2n) is 8.52. The fourth-order valence-corrected chi connectivity index (χ4v) is 6.10. The molecule has 0 N–H and O–H groups in total. The van der Waals surface area contributed by atoms with Crippen molar-refractivity contribution >= 4 is 33.4 Å². The van der Waals surface area contributed by atoms with Crippen molar-refractivity contribution in [2.24, 2.45) is 0 Å². The van der Waals surface area contributed by atoms with E-state index in [2.05, 4.69) is 4.98 Å². The predicted molar refractivity (Wildman–Crippen MR) is 120 cm³/mol. The van der Waals surface area contributed by atoms with Gasteiger partial charge in [-0.3, -0.25) is 19.0 Å². The third kappa shape index (κ3) is 4.84. The van der Waals surface area contributed by atoms with Gasteiger partial charge in [0.25, 0.3) is 11.5 Å². The number of nitrogens with zero attached hydrogens (tertiary/aromatic N) is 3. The second kappa shape index (κ2) is 9.94. The van der Waals surface area contributed by atoms with Gasteiger partial charge in [0.15, 0.2) is 6.61 Å². The average Bonchev–Trinajstić information content (AvgIpc) is 3.18. The van der Waals surface area contributed by atoms with E-state index in [9.17, 15) is 14.4 Å². The van der Waals surface area contributed by atoms with Gasteiger partial charge in [-0.05, 0) is 51.0 Å². The van der Waals surface area contributed by atoms with E-state index in [1.807, 2.05) is 11.8 Å². The van der Waals surface area contributed by atoms with Crippen LogP contribution in [-0.2, 0) is 33.7 Å². The normalized spacial score (nSPS) is 16.8. The third-order valence-corrected chi connectivity index (χ3v) is 7.73. The van der Waals surface area contributed by atoms with Crippen molar-refractivity contribution in [2.45, 2.75) is 83.7 Å². The molecule has 1 fully saturated rings. The zero-order valence-corrected chi connectivity index (χ0v) is 19.0. The van der Waals surface area contributed by atoms with Crippen LogP contribution in [0.25, 0.3) is 10.2 Å². The smallest absolute Gasteiger partial charge is 0.308 e. The van der Waals surface area contributed by atoms with Gasteiger partial charge in [-0.2, -0.15) is 0 Å². The first-order valence-corrected chi connectivity index (χ1v) is 12.3. The highest BCUT2D eigenvalue weighted by molar-refractivity contribution is 7.18. The van der Waals surface area contributed by atoms with Crippen LogP contribution >= 0.6 is 11.3 Å². The summed E-state index contributed by atoms with van der Waals surface area (Å²) in [6, 6.07) is 0.262. The lowest BCUT2D eigenvalue weighted by Gasteiger charge is -2.33. The standard InChI is InChI=1S/C23H31N3O4S/c1-2-26(16-8-4-3-5-9-16)19(27)14-30-20(28)12-13-25-15-24-22-21(23(25)29)17-10-6-7-11-18(17)31-22/h15-16H,2-14H2,1H3. The predicted octanol–water partition coefficient (Wildman–Crippen LogP) is 3.45. The molecule has 0 radical (unpaired) electrons. The number of hydrogen-bond donors (Lipinski definition) is 0. The van der Waals surface area contributed by atoms with Gasteiger partial charge in [-0.25, -0.2) is 4.98 Å². The van der Waals surface area contributed by atoms with Gasteiger partial charge in [0.2, 0.25) is 0 Å². The molecule has 2 heterocycles. The van der Waals surface area contributed by atoms with E-state index in [0.29, 0.717) is 6.54 Å². The van der Waals surface area contributed by atoms with Crippen LogP contribution in [0.15, 0.2) is 11.1 Å². The van der Waals surface area contributed by atoms with Gasteiger partial charge >= 0.3 is 5.97 Å². The van der Waals surface area contributed by atoms with Crippen molar-refractivity contribution in [3.8, 4) is 0 Å². The largest absolute Gasteiger partial charge is 0.456 e. The first-order chi connectivity index (χ1) is 15.1. The monoisotopic (exact) mass is 445 g/mol. The molecule has 4 rings (SSSR count). The summed E-state index contributed by atoms with van der Waals surface area (Å²) in [5, 5.41) is 0.719. The van der Waals surface area contributed by atoms with Crippen LogP contribution < -0.4 is 5.56 Å². The van der Waals surface area contributed by atoms with Crippen LogP contribution in [-0.4, -0.2) is 45.5 Å². The molecule has 0 aromatic carbocycles. The summed E-state index contributed by atoms with van der Waals surface area (Å²) in [6.07, 6.45) is 11.3. The van der Waals surface area contributed by atoms with Gasteiger partial charge in [-0.15, -0.1) is 11.3 Å². The number of aromatic nitrogens is 2. The Hall–Kier alpha value is -2.22. The number of rotatable bonds is 7. The highest BCUT2D eigenvalue weighted by Crippen LogP contribution is 2.33. The Bertz CT molecular complexity index is 1010. The number of carbonyl (C=O) groups is 2. The van der Waals surface area contributed by atoms with Crippen molar-refractivity contribution in [3.63, 3.8) is 0 Å². The van der Waals surface area contributed by atoms with E-state index in [4.69, 9.17) is 4.74 Å². The Kier molecular flexibility index (Phi) is 7.05. The lowest BCUT2D eigenvalue weighted by Crippen LogP contribution is -2.43. The summed E-state index contributed by atoms with van der Waals surface area (Å²) in [5.41, 5.74) is 1.07. The highest BCUT2D eigenvalue weighted by Gasteiger charge is 2.25. The number of carbonyl (C=O) groups excluding carboxylic acids is 2. The van der Waals surface area contributed by atoms with Crippen LogP contribution in [0, 0.1) is 0 Å².